The predicted octanol–water partition coefficient (Wildman–Crippen LogP) is 2.78. The monoisotopic (exact) mass is 429 g/mol. The third-order valence-electron chi connectivity index (χ3n) is 5.23. The van der Waals surface area contributed by atoms with Gasteiger partial charge in [-0.1, -0.05) is 47.5 Å². The van der Waals surface area contributed by atoms with Gasteiger partial charge in [-0.15, -0.1) is 0 Å². The minimum Gasteiger partial charge on any atom is -0.339 e. The number of amides is 3. The van der Waals surface area contributed by atoms with Crippen LogP contribution in [0.1, 0.15) is 23.6 Å². The molecule has 0 saturated carbocycles. The van der Waals surface area contributed by atoms with Gasteiger partial charge in [-0.2, -0.15) is 0 Å². The van der Waals surface area contributed by atoms with Crippen LogP contribution in [0.3, 0.4) is 0 Å². The molecule has 0 spiro atoms. The normalized spacial score (nSPS) is 14.5. The van der Waals surface area contributed by atoms with E-state index in [1.54, 1.807) is 17.0 Å². The third-order valence-corrected chi connectivity index (χ3v) is 6.96. The number of aryl methyl sites for hydroxylation is 2. The molecule has 160 valence electrons. The van der Waals surface area contributed by atoms with Crippen LogP contribution in [0.4, 0.5) is 4.79 Å². The molecule has 0 N–H and O–H groups in total. The van der Waals surface area contributed by atoms with Crippen molar-refractivity contribution in [3.05, 3.63) is 65.2 Å². The summed E-state index contributed by atoms with van der Waals surface area (Å²) in [5.41, 5.74) is 2.66. The predicted molar refractivity (Wildman–Crippen MR) is 114 cm³/mol. The van der Waals surface area contributed by atoms with Crippen molar-refractivity contribution in [1.82, 2.24) is 14.1 Å². The molecule has 8 heteroatoms. The maximum absolute atomic E-state index is 13.4. The van der Waals surface area contributed by atoms with Crippen molar-refractivity contribution >= 4 is 22.0 Å². The van der Waals surface area contributed by atoms with Crippen LogP contribution in [0, 0.1) is 13.8 Å². The minimum atomic E-state index is -4.05. The molecule has 0 bridgehead atoms. The number of piperazine rings is 1. The van der Waals surface area contributed by atoms with E-state index in [9.17, 15) is 18.0 Å². The molecule has 0 aromatic heterocycles. The minimum absolute atomic E-state index is 0.0500. The van der Waals surface area contributed by atoms with Crippen molar-refractivity contribution in [3.63, 3.8) is 0 Å². The first-order valence-electron chi connectivity index (χ1n) is 9.88. The highest BCUT2D eigenvalue weighted by Gasteiger charge is 2.34. The van der Waals surface area contributed by atoms with E-state index >= 15 is 0 Å². The number of urea groups is 1. The van der Waals surface area contributed by atoms with Gasteiger partial charge in [0.05, 0.1) is 11.4 Å². The molecule has 0 aliphatic carbocycles. The topological polar surface area (TPSA) is 78.0 Å². The van der Waals surface area contributed by atoms with Gasteiger partial charge in [0, 0.05) is 33.1 Å². The molecule has 1 fully saturated rings. The Morgan fingerprint density at radius 3 is 2.07 bits per heavy atom. The summed E-state index contributed by atoms with van der Waals surface area (Å²) in [4.78, 5) is 28.1. The van der Waals surface area contributed by atoms with Crippen LogP contribution in [-0.4, -0.2) is 60.6 Å². The zero-order valence-electron chi connectivity index (χ0n) is 17.5. The summed E-state index contributed by atoms with van der Waals surface area (Å²) in [5, 5.41) is 0. The number of hydrogen-bond donors (Lipinski definition) is 0. The molecule has 2 aromatic rings. The molecule has 1 aliphatic heterocycles. The lowest BCUT2D eigenvalue weighted by atomic mass is 10.1. The van der Waals surface area contributed by atoms with Gasteiger partial charge in [0.25, 0.3) is 10.0 Å². The summed E-state index contributed by atoms with van der Waals surface area (Å²) in [6.45, 7) is 6.62. The molecule has 1 aliphatic rings. The van der Waals surface area contributed by atoms with E-state index in [1.807, 2.05) is 38.1 Å². The Hall–Kier alpha value is -2.87. The van der Waals surface area contributed by atoms with E-state index in [1.165, 1.54) is 24.0 Å². The molecular weight excluding hydrogens is 402 g/mol. The molecule has 1 heterocycles. The first kappa shape index (κ1) is 21.8. The summed E-state index contributed by atoms with van der Waals surface area (Å²) in [7, 11) is -4.05. The molecule has 2 aromatic carbocycles. The number of rotatable bonds is 4. The second-order valence-corrected chi connectivity index (χ2v) is 9.45. The summed E-state index contributed by atoms with van der Waals surface area (Å²) in [5.74, 6) is -0.0500. The van der Waals surface area contributed by atoms with Gasteiger partial charge >= 0.3 is 6.03 Å². The Kier molecular flexibility index (Phi) is 6.45. The average molecular weight is 430 g/mol. The Balaban J connectivity index is 1.92. The standard InChI is InChI=1S/C22H27N3O4S/c1-17-7-9-21(10-8-17)30(28,29)25(16-20-6-4-5-18(2)15-20)22(27)24-13-11-23(12-14-24)19(3)26/h4-10,15H,11-14,16H2,1-3H3. The molecule has 3 amide bonds. The van der Waals surface area contributed by atoms with Gasteiger partial charge in [0.15, 0.2) is 0 Å². The molecule has 1 saturated heterocycles. The van der Waals surface area contributed by atoms with E-state index in [4.69, 9.17) is 0 Å². The van der Waals surface area contributed by atoms with Gasteiger partial charge in [-0.3, -0.25) is 4.79 Å². The fourth-order valence-corrected chi connectivity index (χ4v) is 4.81. The average Bonchev–Trinajstić information content (AvgIpc) is 2.72. The zero-order chi connectivity index (χ0) is 21.9. The summed E-state index contributed by atoms with van der Waals surface area (Å²) in [6.07, 6.45) is 0. The quantitative estimate of drug-likeness (QED) is 0.749. The van der Waals surface area contributed by atoms with Crippen molar-refractivity contribution in [1.29, 1.82) is 0 Å². The fraction of sp³-hybridized carbons (Fsp3) is 0.364. The Morgan fingerprint density at radius 2 is 1.50 bits per heavy atom. The molecule has 3 rings (SSSR count). The number of carbonyl (C=O) groups is 2. The van der Waals surface area contributed by atoms with E-state index < -0.39 is 16.1 Å². The highest BCUT2D eigenvalue weighted by atomic mass is 32.2. The lowest BCUT2D eigenvalue weighted by molar-refractivity contribution is -0.130. The molecule has 0 atom stereocenters. The van der Waals surface area contributed by atoms with Crippen LogP contribution in [0.2, 0.25) is 0 Å². The Bertz CT molecular complexity index is 1030. The number of nitrogens with zero attached hydrogens (tertiary/aromatic N) is 3. The van der Waals surface area contributed by atoms with E-state index in [0.29, 0.717) is 26.2 Å². The van der Waals surface area contributed by atoms with Crippen LogP contribution >= 0.6 is 0 Å². The molecule has 30 heavy (non-hydrogen) atoms. The largest absolute Gasteiger partial charge is 0.339 e. The Labute approximate surface area is 177 Å². The van der Waals surface area contributed by atoms with Gasteiger partial charge in [0.1, 0.15) is 0 Å². The summed E-state index contributed by atoms with van der Waals surface area (Å²) < 4.78 is 27.7. The zero-order valence-corrected chi connectivity index (χ0v) is 18.4. The van der Waals surface area contributed by atoms with Gasteiger partial charge in [-0.25, -0.2) is 17.5 Å². The van der Waals surface area contributed by atoms with Crippen molar-refractivity contribution in [3.8, 4) is 0 Å². The number of carbonyl (C=O) groups excluding carboxylic acids is 2. The first-order chi connectivity index (χ1) is 14.2. The number of hydrogen-bond acceptors (Lipinski definition) is 4. The van der Waals surface area contributed by atoms with E-state index in [0.717, 1.165) is 21.0 Å². The van der Waals surface area contributed by atoms with Crippen LogP contribution < -0.4 is 0 Å². The molecule has 0 radical (unpaired) electrons. The van der Waals surface area contributed by atoms with Crippen molar-refractivity contribution in [2.45, 2.75) is 32.2 Å². The second-order valence-electron chi connectivity index (χ2n) is 7.59. The number of sulfonamides is 1. The lowest BCUT2D eigenvalue weighted by Crippen LogP contribution is -2.54. The van der Waals surface area contributed by atoms with E-state index in [-0.39, 0.29) is 17.3 Å². The summed E-state index contributed by atoms with van der Waals surface area (Å²) in [6, 6.07) is 13.4. The molecule has 7 nitrogen and oxygen atoms in total. The Morgan fingerprint density at radius 1 is 0.900 bits per heavy atom. The summed E-state index contributed by atoms with van der Waals surface area (Å²) >= 11 is 0. The second kappa shape index (κ2) is 8.87. The van der Waals surface area contributed by atoms with Gasteiger partial charge < -0.3 is 9.80 Å². The van der Waals surface area contributed by atoms with Crippen molar-refractivity contribution in [2.75, 3.05) is 26.2 Å². The third kappa shape index (κ3) is 4.81. The number of benzene rings is 2. The maximum Gasteiger partial charge on any atom is 0.334 e. The van der Waals surface area contributed by atoms with Crippen LogP contribution in [0.15, 0.2) is 53.4 Å². The van der Waals surface area contributed by atoms with Gasteiger partial charge in [0.2, 0.25) is 5.91 Å². The van der Waals surface area contributed by atoms with Crippen molar-refractivity contribution < 1.29 is 18.0 Å². The fourth-order valence-electron chi connectivity index (χ4n) is 3.44. The molecule has 0 unspecified atom stereocenters. The smallest absolute Gasteiger partial charge is 0.334 e. The lowest BCUT2D eigenvalue weighted by Gasteiger charge is -2.36. The van der Waals surface area contributed by atoms with Gasteiger partial charge in [-0.05, 0) is 31.5 Å². The highest BCUT2D eigenvalue weighted by molar-refractivity contribution is 7.89. The van der Waals surface area contributed by atoms with Crippen molar-refractivity contribution in [2.24, 2.45) is 0 Å². The van der Waals surface area contributed by atoms with Crippen LogP contribution in [0.5, 0.6) is 0 Å². The van der Waals surface area contributed by atoms with E-state index in [2.05, 4.69) is 0 Å². The highest BCUT2D eigenvalue weighted by Crippen LogP contribution is 2.22. The maximum atomic E-state index is 13.4. The van der Waals surface area contributed by atoms with Crippen LogP contribution in [-0.2, 0) is 21.4 Å². The van der Waals surface area contributed by atoms with Crippen LogP contribution in [0.25, 0.3) is 0 Å². The SMILES string of the molecule is CC(=O)N1CCN(C(=O)N(Cc2cccc(C)c2)S(=O)(=O)c2ccc(C)cc2)CC1. The first-order valence-corrected chi connectivity index (χ1v) is 11.3. The molecular formula is C22H27N3O4S.